The van der Waals surface area contributed by atoms with E-state index in [1.54, 1.807) is 0 Å². The molecule has 0 atom stereocenters. The maximum Gasteiger partial charge on any atom is 0.282 e. The van der Waals surface area contributed by atoms with Gasteiger partial charge in [-0.3, -0.25) is 4.98 Å². The summed E-state index contributed by atoms with van der Waals surface area (Å²) >= 11 is 0. The van der Waals surface area contributed by atoms with Crippen molar-refractivity contribution in [3.05, 3.63) is 18.1 Å². The van der Waals surface area contributed by atoms with Gasteiger partial charge in [-0.25, -0.2) is 4.98 Å². The second-order valence-corrected chi connectivity index (χ2v) is 6.10. The van der Waals surface area contributed by atoms with E-state index in [1.807, 2.05) is 6.92 Å². The first-order valence-electron chi connectivity index (χ1n) is 5.85. The summed E-state index contributed by atoms with van der Waals surface area (Å²) in [6.45, 7) is 3.80. The summed E-state index contributed by atoms with van der Waals surface area (Å²) in [6.07, 6.45) is 3.75. The van der Waals surface area contributed by atoms with Crippen LogP contribution in [0.3, 0.4) is 0 Å². The minimum atomic E-state index is -3.33. The summed E-state index contributed by atoms with van der Waals surface area (Å²) in [5.41, 5.74) is 6.04. The van der Waals surface area contributed by atoms with E-state index in [0.717, 1.165) is 6.42 Å². The molecule has 0 aromatic carbocycles. The molecule has 18 heavy (non-hydrogen) atoms. The van der Waals surface area contributed by atoms with Gasteiger partial charge >= 0.3 is 0 Å². The molecular formula is C10H17N5O2S. The quantitative estimate of drug-likeness (QED) is 0.821. The molecule has 2 heterocycles. The van der Waals surface area contributed by atoms with Crippen LogP contribution in [0.1, 0.15) is 19.0 Å². The van der Waals surface area contributed by atoms with Crippen LogP contribution < -0.4 is 5.73 Å². The van der Waals surface area contributed by atoms with E-state index >= 15 is 0 Å². The third-order valence-corrected chi connectivity index (χ3v) is 4.77. The Morgan fingerprint density at radius 3 is 2.61 bits per heavy atom. The van der Waals surface area contributed by atoms with Crippen molar-refractivity contribution in [1.29, 1.82) is 0 Å². The number of rotatable bonds is 4. The molecule has 2 rings (SSSR count). The molecule has 0 saturated carbocycles. The van der Waals surface area contributed by atoms with E-state index in [4.69, 9.17) is 5.73 Å². The van der Waals surface area contributed by atoms with E-state index in [1.165, 1.54) is 21.0 Å². The first kappa shape index (κ1) is 13.2. The minimum Gasteiger partial charge on any atom is -0.382 e. The van der Waals surface area contributed by atoms with Gasteiger partial charge in [0.15, 0.2) is 0 Å². The molecule has 1 fully saturated rings. The molecule has 1 aromatic rings. The fraction of sp³-hybridized carbons (Fsp3) is 0.600. The second kappa shape index (κ2) is 5.17. The van der Waals surface area contributed by atoms with Crippen molar-refractivity contribution in [2.75, 3.05) is 25.4 Å². The lowest BCUT2D eigenvalue weighted by Gasteiger charge is -2.17. The summed E-state index contributed by atoms with van der Waals surface area (Å²) in [7, 11) is -3.33. The Balaban J connectivity index is 2.09. The van der Waals surface area contributed by atoms with E-state index in [9.17, 15) is 8.42 Å². The van der Waals surface area contributed by atoms with Gasteiger partial charge in [0.25, 0.3) is 10.2 Å². The number of aromatic nitrogens is 2. The number of hydrogen-bond acceptors (Lipinski definition) is 5. The minimum absolute atomic E-state index is 0.246. The Morgan fingerprint density at radius 2 is 2.00 bits per heavy atom. The number of nitrogen functional groups attached to an aromatic ring is 1. The third-order valence-electron chi connectivity index (χ3n) is 2.79. The Morgan fingerprint density at radius 1 is 1.28 bits per heavy atom. The van der Waals surface area contributed by atoms with Crippen molar-refractivity contribution >= 4 is 16.0 Å². The van der Waals surface area contributed by atoms with Crippen molar-refractivity contribution in [2.45, 2.75) is 19.9 Å². The molecule has 2 N–H and O–H groups in total. The molecule has 1 aliphatic heterocycles. The molecule has 1 saturated heterocycles. The van der Waals surface area contributed by atoms with Gasteiger partial charge in [0, 0.05) is 19.6 Å². The van der Waals surface area contributed by atoms with E-state index in [-0.39, 0.29) is 6.54 Å². The smallest absolute Gasteiger partial charge is 0.282 e. The van der Waals surface area contributed by atoms with Crippen molar-refractivity contribution in [1.82, 2.24) is 18.6 Å². The first-order chi connectivity index (χ1) is 8.54. The molecule has 0 bridgehead atoms. The zero-order valence-corrected chi connectivity index (χ0v) is 11.1. The molecule has 0 unspecified atom stereocenters. The van der Waals surface area contributed by atoms with Crippen LogP contribution in [0.4, 0.5) is 5.82 Å². The fourth-order valence-electron chi connectivity index (χ4n) is 1.88. The van der Waals surface area contributed by atoms with Gasteiger partial charge in [0.2, 0.25) is 0 Å². The lowest BCUT2D eigenvalue weighted by atomic mass is 10.4. The highest BCUT2D eigenvalue weighted by molar-refractivity contribution is 7.87. The number of hydrogen-bond donors (Lipinski definition) is 1. The third kappa shape index (κ3) is 2.60. The van der Waals surface area contributed by atoms with Gasteiger partial charge in [-0.1, -0.05) is 6.92 Å². The Kier molecular flexibility index (Phi) is 3.79. The normalized spacial score (nSPS) is 20.3. The summed E-state index contributed by atoms with van der Waals surface area (Å²) in [5.74, 6) is 0.329. The summed E-state index contributed by atoms with van der Waals surface area (Å²) < 4.78 is 27.2. The van der Waals surface area contributed by atoms with Crippen LogP contribution in [0, 0.1) is 0 Å². The van der Waals surface area contributed by atoms with Crippen LogP contribution in [-0.2, 0) is 16.8 Å². The summed E-state index contributed by atoms with van der Waals surface area (Å²) in [4.78, 5) is 7.97. The Bertz CT molecular complexity index is 502. The van der Waals surface area contributed by atoms with Crippen LogP contribution in [0.15, 0.2) is 12.4 Å². The fourth-order valence-corrected chi connectivity index (χ4v) is 3.54. The zero-order valence-electron chi connectivity index (χ0n) is 10.3. The molecule has 100 valence electrons. The molecule has 0 amide bonds. The SMILES string of the molecule is CCCN1CCN(Cc2cnc(N)cn2)S1(=O)=O. The summed E-state index contributed by atoms with van der Waals surface area (Å²) in [5, 5.41) is 0. The Labute approximate surface area is 107 Å². The van der Waals surface area contributed by atoms with Gasteiger partial charge < -0.3 is 5.73 Å². The van der Waals surface area contributed by atoms with Crippen LogP contribution in [0.2, 0.25) is 0 Å². The van der Waals surface area contributed by atoms with Crippen molar-refractivity contribution in [3.8, 4) is 0 Å². The molecule has 0 aliphatic carbocycles. The van der Waals surface area contributed by atoms with Crippen LogP contribution in [0.25, 0.3) is 0 Å². The molecule has 0 spiro atoms. The molecule has 1 aliphatic rings. The highest BCUT2D eigenvalue weighted by Crippen LogP contribution is 2.18. The average molecular weight is 271 g/mol. The zero-order chi connectivity index (χ0) is 13.2. The highest BCUT2D eigenvalue weighted by atomic mass is 32.2. The van der Waals surface area contributed by atoms with E-state index < -0.39 is 10.2 Å². The van der Waals surface area contributed by atoms with Crippen molar-refractivity contribution in [3.63, 3.8) is 0 Å². The lowest BCUT2D eigenvalue weighted by Crippen LogP contribution is -2.33. The average Bonchev–Trinajstić information content (AvgIpc) is 2.60. The van der Waals surface area contributed by atoms with Crippen molar-refractivity contribution in [2.24, 2.45) is 0 Å². The maximum absolute atomic E-state index is 12.1. The van der Waals surface area contributed by atoms with Crippen LogP contribution >= 0.6 is 0 Å². The monoisotopic (exact) mass is 271 g/mol. The molecule has 1 aromatic heterocycles. The lowest BCUT2D eigenvalue weighted by molar-refractivity contribution is 0.435. The van der Waals surface area contributed by atoms with Gasteiger partial charge in [-0.2, -0.15) is 17.0 Å². The molecular weight excluding hydrogens is 254 g/mol. The molecule has 7 nitrogen and oxygen atoms in total. The number of anilines is 1. The van der Waals surface area contributed by atoms with Crippen LogP contribution in [0.5, 0.6) is 0 Å². The highest BCUT2D eigenvalue weighted by Gasteiger charge is 2.35. The maximum atomic E-state index is 12.1. The van der Waals surface area contributed by atoms with Gasteiger partial charge in [-0.05, 0) is 6.42 Å². The van der Waals surface area contributed by atoms with Gasteiger partial charge in [-0.15, -0.1) is 0 Å². The molecule has 0 radical (unpaired) electrons. The number of nitrogens with two attached hydrogens (primary N) is 1. The Hall–Kier alpha value is -1.25. The van der Waals surface area contributed by atoms with Gasteiger partial charge in [0.05, 0.1) is 24.6 Å². The van der Waals surface area contributed by atoms with E-state index in [2.05, 4.69) is 9.97 Å². The van der Waals surface area contributed by atoms with Crippen LogP contribution in [-0.4, -0.2) is 46.6 Å². The second-order valence-electron chi connectivity index (χ2n) is 4.17. The molecule has 8 heteroatoms. The van der Waals surface area contributed by atoms with Crippen molar-refractivity contribution < 1.29 is 8.42 Å². The predicted molar refractivity (Wildman–Crippen MR) is 67.6 cm³/mol. The van der Waals surface area contributed by atoms with E-state index in [0.29, 0.717) is 31.1 Å². The predicted octanol–water partition coefficient (Wildman–Crippen LogP) is -0.169. The van der Waals surface area contributed by atoms with Gasteiger partial charge in [0.1, 0.15) is 5.82 Å². The summed E-state index contributed by atoms with van der Waals surface area (Å²) in [6, 6.07) is 0. The topological polar surface area (TPSA) is 92.4 Å². The largest absolute Gasteiger partial charge is 0.382 e. The first-order valence-corrected chi connectivity index (χ1v) is 7.25. The standard InChI is InChI=1S/C10H17N5O2S/c1-2-3-14-4-5-15(18(14,16)17)8-9-6-13-10(11)7-12-9/h6-7H,2-5,8H2,1H3,(H2,11,13). The number of nitrogens with zero attached hydrogens (tertiary/aromatic N) is 4.